The van der Waals surface area contributed by atoms with E-state index in [2.05, 4.69) is 5.32 Å². The summed E-state index contributed by atoms with van der Waals surface area (Å²) >= 11 is 0. The summed E-state index contributed by atoms with van der Waals surface area (Å²) in [5.74, 6) is 1.11. The van der Waals surface area contributed by atoms with Gasteiger partial charge in [-0.25, -0.2) is 4.79 Å². The van der Waals surface area contributed by atoms with Crippen LogP contribution in [0.25, 0.3) is 0 Å². The van der Waals surface area contributed by atoms with E-state index in [4.69, 9.17) is 14.2 Å². The Morgan fingerprint density at radius 2 is 2.00 bits per heavy atom. The van der Waals surface area contributed by atoms with Crippen LogP contribution in [0.5, 0.6) is 11.5 Å². The SMILES string of the molecule is COc1ccc(NC(=O)N2C(CO)COC2c2ccccc2)c(OC)c1. The van der Waals surface area contributed by atoms with E-state index in [1.165, 1.54) is 12.0 Å². The molecule has 1 aliphatic rings. The fourth-order valence-corrected chi connectivity index (χ4v) is 2.92. The van der Waals surface area contributed by atoms with Crippen LogP contribution >= 0.6 is 0 Å². The quantitative estimate of drug-likeness (QED) is 0.859. The standard InChI is InChI=1S/C19H22N2O5/c1-24-15-8-9-16(17(10-15)25-2)20-19(23)21-14(11-22)12-26-18(21)13-6-4-3-5-7-13/h3-10,14,18,22H,11-12H2,1-2H3,(H,20,23). The monoisotopic (exact) mass is 358 g/mol. The molecule has 0 bridgehead atoms. The molecule has 0 saturated carbocycles. The van der Waals surface area contributed by atoms with Crippen LogP contribution < -0.4 is 14.8 Å². The largest absolute Gasteiger partial charge is 0.497 e. The molecule has 138 valence electrons. The highest BCUT2D eigenvalue weighted by atomic mass is 16.5. The van der Waals surface area contributed by atoms with Gasteiger partial charge in [-0.05, 0) is 12.1 Å². The highest BCUT2D eigenvalue weighted by Gasteiger charge is 2.38. The van der Waals surface area contributed by atoms with E-state index in [1.807, 2.05) is 30.3 Å². The predicted molar refractivity (Wildman–Crippen MR) is 96.4 cm³/mol. The number of aliphatic hydroxyl groups is 1. The Bertz CT molecular complexity index is 753. The Balaban J connectivity index is 1.84. The van der Waals surface area contributed by atoms with Crippen LogP contribution in [0.2, 0.25) is 0 Å². The van der Waals surface area contributed by atoms with E-state index in [0.29, 0.717) is 17.2 Å². The zero-order valence-electron chi connectivity index (χ0n) is 14.7. The molecule has 2 unspecified atom stereocenters. The number of nitrogens with one attached hydrogen (secondary N) is 1. The molecule has 3 rings (SSSR count). The van der Waals surface area contributed by atoms with Crippen LogP contribution in [0, 0.1) is 0 Å². The molecule has 2 atom stereocenters. The van der Waals surface area contributed by atoms with E-state index >= 15 is 0 Å². The fourth-order valence-electron chi connectivity index (χ4n) is 2.92. The minimum atomic E-state index is -0.558. The van der Waals surface area contributed by atoms with Crippen molar-refractivity contribution in [2.75, 3.05) is 32.8 Å². The van der Waals surface area contributed by atoms with E-state index in [1.54, 1.807) is 25.3 Å². The highest BCUT2D eigenvalue weighted by Crippen LogP contribution is 2.33. The molecular weight excluding hydrogens is 336 g/mol. The summed E-state index contributed by atoms with van der Waals surface area (Å²) in [6.45, 7) is 0.0831. The molecule has 2 aromatic carbocycles. The third-order valence-electron chi connectivity index (χ3n) is 4.27. The van der Waals surface area contributed by atoms with Gasteiger partial charge in [-0.1, -0.05) is 30.3 Å². The van der Waals surface area contributed by atoms with E-state index in [0.717, 1.165) is 5.56 Å². The molecule has 0 spiro atoms. The molecule has 2 N–H and O–H groups in total. The third kappa shape index (κ3) is 3.58. The molecule has 0 radical (unpaired) electrons. The van der Waals surface area contributed by atoms with Crippen molar-refractivity contribution < 1.29 is 24.1 Å². The second kappa shape index (κ2) is 8.07. The van der Waals surface area contributed by atoms with Crippen LogP contribution in [0.4, 0.5) is 10.5 Å². The summed E-state index contributed by atoms with van der Waals surface area (Å²) in [7, 11) is 3.08. The Hall–Kier alpha value is -2.77. The average molecular weight is 358 g/mol. The van der Waals surface area contributed by atoms with Crippen molar-refractivity contribution >= 4 is 11.7 Å². The van der Waals surface area contributed by atoms with Crippen molar-refractivity contribution in [2.45, 2.75) is 12.3 Å². The maximum atomic E-state index is 12.9. The molecule has 1 aliphatic heterocycles. The van der Waals surface area contributed by atoms with E-state index in [9.17, 15) is 9.90 Å². The van der Waals surface area contributed by atoms with Gasteiger partial charge in [0.1, 0.15) is 11.5 Å². The van der Waals surface area contributed by atoms with Crippen molar-refractivity contribution in [1.82, 2.24) is 4.90 Å². The number of hydrogen-bond acceptors (Lipinski definition) is 5. The number of hydrogen-bond donors (Lipinski definition) is 2. The summed E-state index contributed by atoms with van der Waals surface area (Å²) < 4.78 is 16.3. The topological polar surface area (TPSA) is 80.3 Å². The lowest BCUT2D eigenvalue weighted by Crippen LogP contribution is -2.42. The first-order chi connectivity index (χ1) is 12.7. The maximum absolute atomic E-state index is 12.9. The Kier molecular flexibility index (Phi) is 5.60. The number of carbonyl (C=O) groups excluding carboxylic acids is 1. The van der Waals surface area contributed by atoms with Crippen LogP contribution in [0.15, 0.2) is 48.5 Å². The first-order valence-corrected chi connectivity index (χ1v) is 8.26. The van der Waals surface area contributed by atoms with Gasteiger partial charge in [0.25, 0.3) is 0 Å². The zero-order chi connectivity index (χ0) is 18.5. The van der Waals surface area contributed by atoms with Crippen molar-refractivity contribution in [3.63, 3.8) is 0 Å². The normalized spacial score (nSPS) is 19.3. The van der Waals surface area contributed by atoms with Gasteiger partial charge in [-0.2, -0.15) is 0 Å². The number of benzene rings is 2. The lowest BCUT2D eigenvalue weighted by atomic mass is 10.2. The summed E-state index contributed by atoms with van der Waals surface area (Å²) in [5.41, 5.74) is 1.36. The number of urea groups is 1. The molecule has 1 heterocycles. The van der Waals surface area contributed by atoms with Crippen LogP contribution in [-0.4, -0.2) is 49.5 Å². The molecule has 1 saturated heterocycles. The number of aliphatic hydroxyl groups excluding tert-OH is 1. The predicted octanol–water partition coefficient (Wildman–Crippen LogP) is 2.63. The molecule has 2 aromatic rings. The molecule has 2 amide bonds. The van der Waals surface area contributed by atoms with Gasteiger partial charge >= 0.3 is 6.03 Å². The van der Waals surface area contributed by atoms with E-state index in [-0.39, 0.29) is 19.2 Å². The minimum Gasteiger partial charge on any atom is -0.497 e. The second-order valence-electron chi connectivity index (χ2n) is 5.84. The highest BCUT2D eigenvalue weighted by molar-refractivity contribution is 5.91. The smallest absolute Gasteiger partial charge is 0.324 e. The average Bonchev–Trinajstić information content (AvgIpc) is 3.13. The summed E-state index contributed by atoms with van der Waals surface area (Å²) in [4.78, 5) is 14.4. The number of rotatable bonds is 5. The number of methoxy groups -OCH3 is 2. The number of amides is 2. The van der Waals surface area contributed by atoms with Crippen LogP contribution in [0.1, 0.15) is 11.8 Å². The minimum absolute atomic E-state index is 0.184. The third-order valence-corrected chi connectivity index (χ3v) is 4.27. The lowest BCUT2D eigenvalue weighted by Gasteiger charge is -2.28. The molecule has 0 aromatic heterocycles. The van der Waals surface area contributed by atoms with Gasteiger partial charge in [0, 0.05) is 11.6 Å². The van der Waals surface area contributed by atoms with Crippen LogP contribution in [0.3, 0.4) is 0 Å². The van der Waals surface area contributed by atoms with Gasteiger partial charge in [-0.15, -0.1) is 0 Å². The second-order valence-corrected chi connectivity index (χ2v) is 5.84. The van der Waals surface area contributed by atoms with Gasteiger partial charge in [-0.3, -0.25) is 4.90 Å². The van der Waals surface area contributed by atoms with Gasteiger partial charge in [0.2, 0.25) is 0 Å². The first kappa shape index (κ1) is 18.0. The lowest BCUT2D eigenvalue weighted by molar-refractivity contribution is 0.0496. The summed E-state index contributed by atoms with van der Waals surface area (Å²) in [6, 6.07) is 13.8. The zero-order valence-corrected chi connectivity index (χ0v) is 14.7. The Morgan fingerprint density at radius 1 is 1.23 bits per heavy atom. The summed E-state index contributed by atoms with van der Waals surface area (Å²) in [5, 5.41) is 12.5. The van der Waals surface area contributed by atoms with Crippen molar-refractivity contribution in [3.05, 3.63) is 54.1 Å². The van der Waals surface area contributed by atoms with Gasteiger partial charge < -0.3 is 24.6 Å². The fraction of sp³-hybridized carbons (Fsp3) is 0.316. The van der Waals surface area contributed by atoms with Gasteiger partial charge in [0.15, 0.2) is 6.23 Å². The first-order valence-electron chi connectivity index (χ1n) is 8.26. The molecular formula is C19H22N2O5. The maximum Gasteiger partial charge on any atom is 0.324 e. The van der Waals surface area contributed by atoms with Crippen molar-refractivity contribution in [1.29, 1.82) is 0 Å². The molecule has 0 aliphatic carbocycles. The molecule has 26 heavy (non-hydrogen) atoms. The number of ether oxygens (including phenoxy) is 3. The molecule has 7 nitrogen and oxygen atoms in total. The number of anilines is 1. The number of carbonyl (C=O) groups is 1. The molecule has 7 heteroatoms. The summed E-state index contributed by atoms with van der Waals surface area (Å²) in [6.07, 6.45) is -0.558. The Morgan fingerprint density at radius 3 is 2.65 bits per heavy atom. The van der Waals surface area contributed by atoms with E-state index < -0.39 is 12.3 Å². The van der Waals surface area contributed by atoms with Crippen molar-refractivity contribution in [3.8, 4) is 11.5 Å². The Labute approximate surface area is 152 Å². The number of nitrogens with zero attached hydrogens (tertiary/aromatic N) is 1. The van der Waals surface area contributed by atoms with Crippen molar-refractivity contribution in [2.24, 2.45) is 0 Å². The van der Waals surface area contributed by atoms with Crippen LogP contribution in [-0.2, 0) is 4.74 Å². The van der Waals surface area contributed by atoms with Gasteiger partial charge in [0.05, 0.1) is 39.2 Å². The molecule has 1 fully saturated rings.